The second-order valence-corrected chi connectivity index (χ2v) is 6.33. The van der Waals surface area contributed by atoms with Gasteiger partial charge in [-0.25, -0.2) is 4.98 Å². The van der Waals surface area contributed by atoms with Gasteiger partial charge in [-0.3, -0.25) is 4.99 Å². The van der Waals surface area contributed by atoms with Crippen LogP contribution in [0.2, 0.25) is 0 Å². The molecule has 0 unspecified atom stereocenters. The number of hydrogen-bond acceptors (Lipinski definition) is 4. The summed E-state index contributed by atoms with van der Waals surface area (Å²) >= 11 is 1.71. The quantitative estimate of drug-likeness (QED) is 0.248. The lowest BCUT2D eigenvalue weighted by Crippen LogP contribution is -2.39. The van der Waals surface area contributed by atoms with Crippen LogP contribution in [-0.4, -0.2) is 55.6 Å². The van der Waals surface area contributed by atoms with E-state index in [9.17, 15) is 0 Å². The van der Waals surface area contributed by atoms with Crippen LogP contribution in [0.4, 0.5) is 0 Å². The van der Waals surface area contributed by atoms with Crippen LogP contribution >= 0.6 is 35.3 Å². The van der Waals surface area contributed by atoms with Crippen molar-refractivity contribution < 1.29 is 0 Å². The number of thiazole rings is 1. The Bertz CT molecular complexity index is 432. The van der Waals surface area contributed by atoms with Crippen LogP contribution in [0, 0.1) is 6.92 Å². The number of aryl methyl sites for hydroxylation is 1. The molecule has 1 rings (SSSR count). The third kappa shape index (κ3) is 10.1. The number of unbranched alkanes of at least 4 members (excludes halogenated alkanes) is 1. The summed E-state index contributed by atoms with van der Waals surface area (Å²) in [6.07, 6.45) is 3.33. The number of hydrogen-bond donors (Lipinski definition) is 2. The van der Waals surface area contributed by atoms with Crippen LogP contribution in [0.15, 0.2) is 10.4 Å². The van der Waals surface area contributed by atoms with E-state index in [-0.39, 0.29) is 24.0 Å². The van der Waals surface area contributed by atoms with E-state index in [4.69, 9.17) is 0 Å². The number of aliphatic imine (C=N–C) groups is 1. The maximum absolute atomic E-state index is 4.47. The molecule has 0 fully saturated rings. The van der Waals surface area contributed by atoms with E-state index in [1.807, 2.05) is 14.0 Å². The molecule has 0 aromatic carbocycles. The molecule has 0 radical (unpaired) electrons. The third-order valence-corrected chi connectivity index (χ3v) is 4.47. The molecule has 0 saturated heterocycles. The number of guanidine groups is 1. The second kappa shape index (κ2) is 14.0. The van der Waals surface area contributed by atoms with Crippen LogP contribution in [-0.2, 0) is 6.42 Å². The highest BCUT2D eigenvalue weighted by molar-refractivity contribution is 14.0. The number of nitrogens with zero attached hydrogens (tertiary/aromatic N) is 3. The maximum atomic E-state index is 4.47. The molecule has 134 valence electrons. The fourth-order valence-corrected chi connectivity index (χ4v) is 2.91. The van der Waals surface area contributed by atoms with Gasteiger partial charge < -0.3 is 15.5 Å². The highest BCUT2D eigenvalue weighted by atomic mass is 127. The predicted molar refractivity (Wildman–Crippen MR) is 112 cm³/mol. The Morgan fingerprint density at radius 3 is 2.48 bits per heavy atom. The molecule has 0 bridgehead atoms. The van der Waals surface area contributed by atoms with Crippen molar-refractivity contribution in [2.75, 3.05) is 39.8 Å². The van der Waals surface area contributed by atoms with Crippen molar-refractivity contribution >= 4 is 41.3 Å². The molecule has 2 N–H and O–H groups in total. The minimum atomic E-state index is 0. The van der Waals surface area contributed by atoms with Crippen molar-refractivity contribution in [2.45, 2.75) is 40.0 Å². The van der Waals surface area contributed by atoms with Gasteiger partial charge in [-0.15, -0.1) is 35.3 Å². The van der Waals surface area contributed by atoms with E-state index in [1.54, 1.807) is 11.3 Å². The fraction of sp³-hybridized carbons (Fsp3) is 0.750. The second-order valence-electron chi connectivity index (χ2n) is 5.27. The van der Waals surface area contributed by atoms with E-state index >= 15 is 0 Å². The summed E-state index contributed by atoms with van der Waals surface area (Å²) in [5.41, 5.74) is 1.16. The van der Waals surface area contributed by atoms with Gasteiger partial charge in [0.25, 0.3) is 0 Å². The summed E-state index contributed by atoms with van der Waals surface area (Å²) in [5, 5.41) is 9.97. The molecule has 0 spiro atoms. The zero-order valence-electron chi connectivity index (χ0n) is 14.9. The Labute approximate surface area is 162 Å². The average molecular weight is 453 g/mol. The Morgan fingerprint density at radius 1 is 1.22 bits per heavy atom. The van der Waals surface area contributed by atoms with E-state index in [2.05, 4.69) is 44.7 Å². The van der Waals surface area contributed by atoms with Gasteiger partial charge in [0.1, 0.15) is 0 Å². The van der Waals surface area contributed by atoms with Crippen molar-refractivity contribution in [3.05, 3.63) is 16.1 Å². The van der Waals surface area contributed by atoms with Crippen LogP contribution in [0.1, 0.15) is 37.4 Å². The Kier molecular flexibility index (Phi) is 13.7. The van der Waals surface area contributed by atoms with Crippen molar-refractivity contribution in [1.82, 2.24) is 20.5 Å². The highest BCUT2D eigenvalue weighted by Gasteiger charge is 2.01. The Morgan fingerprint density at radius 2 is 1.91 bits per heavy atom. The minimum absolute atomic E-state index is 0. The van der Waals surface area contributed by atoms with Crippen molar-refractivity contribution in [3.8, 4) is 0 Å². The lowest BCUT2D eigenvalue weighted by molar-refractivity contribution is 0.297. The van der Waals surface area contributed by atoms with Gasteiger partial charge in [-0.2, -0.15) is 0 Å². The highest BCUT2D eigenvalue weighted by Crippen LogP contribution is 2.07. The molecular weight excluding hydrogens is 421 g/mol. The molecule has 0 aliphatic carbocycles. The smallest absolute Gasteiger partial charge is 0.190 e. The summed E-state index contributed by atoms with van der Waals surface area (Å²) in [5.74, 6) is 0.884. The van der Waals surface area contributed by atoms with Crippen molar-refractivity contribution in [1.29, 1.82) is 0 Å². The van der Waals surface area contributed by atoms with Gasteiger partial charge in [0, 0.05) is 31.9 Å². The summed E-state index contributed by atoms with van der Waals surface area (Å²) < 4.78 is 0. The topological polar surface area (TPSA) is 52.5 Å². The first-order chi connectivity index (χ1) is 10.7. The molecule has 0 atom stereocenters. The molecule has 23 heavy (non-hydrogen) atoms. The van der Waals surface area contributed by atoms with Gasteiger partial charge in [-0.1, -0.05) is 13.8 Å². The molecule has 0 aliphatic heterocycles. The molecule has 1 heterocycles. The van der Waals surface area contributed by atoms with Crippen LogP contribution in [0.5, 0.6) is 0 Å². The zero-order valence-corrected chi connectivity index (χ0v) is 18.0. The number of aromatic nitrogens is 1. The molecule has 0 amide bonds. The summed E-state index contributed by atoms with van der Waals surface area (Å²) in [6.45, 7) is 11.8. The summed E-state index contributed by atoms with van der Waals surface area (Å²) in [7, 11) is 1.82. The van der Waals surface area contributed by atoms with Crippen LogP contribution in [0.3, 0.4) is 0 Å². The number of halogens is 1. The van der Waals surface area contributed by atoms with Gasteiger partial charge in [-0.05, 0) is 39.4 Å². The van der Waals surface area contributed by atoms with E-state index in [0.29, 0.717) is 0 Å². The number of nitrogens with one attached hydrogen (secondary N) is 2. The zero-order chi connectivity index (χ0) is 16.2. The van der Waals surface area contributed by atoms with E-state index < -0.39 is 0 Å². The summed E-state index contributed by atoms with van der Waals surface area (Å²) in [4.78, 5) is 11.2. The normalized spacial score (nSPS) is 11.4. The molecule has 0 saturated carbocycles. The lowest BCUT2D eigenvalue weighted by Gasteiger charge is -2.18. The Hall–Kier alpha value is -0.410. The summed E-state index contributed by atoms with van der Waals surface area (Å²) in [6, 6.07) is 0. The van der Waals surface area contributed by atoms with Gasteiger partial charge in [0.15, 0.2) is 5.96 Å². The maximum Gasteiger partial charge on any atom is 0.190 e. The third-order valence-electron chi connectivity index (χ3n) is 3.65. The van der Waals surface area contributed by atoms with Crippen LogP contribution < -0.4 is 10.6 Å². The fourth-order valence-electron chi connectivity index (χ4n) is 2.26. The molecular formula is C16H32IN5S. The largest absolute Gasteiger partial charge is 0.356 e. The average Bonchev–Trinajstić information content (AvgIpc) is 2.94. The molecule has 5 nitrogen and oxygen atoms in total. The SMILES string of the molecule is CCN(CC)CCCCNC(=NC)NCCc1csc(C)n1.I. The van der Waals surface area contributed by atoms with Crippen molar-refractivity contribution in [3.63, 3.8) is 0 Å². The van der Waals surface area contributed by atoms with Crippen LogP contribution in [0.25, 0.3) is 0 Å². The number of rotatable bonds is 10. The van der Waals surface area contributed by atoms with Crippen molar-refractivity contribution in [2.24, 2.45) is 4.99 Å². The first-order valence-corrected chi connectivity index (χ1v) is 9.15. The van der Waals surface area contributed by atoms with E-state index in [1.165, 1.54) is 19.4 Å². The monoisotopic (exact) mass is 453 g/mol. The standard InChI is InChI=1S/C16H31N5S.HI/c1-5-21(6-2)12-8-7-10-18-16(17-4)19-11-9-15-13-22-14(3)20-15;/h13H,5-12H2,1-4H3,(H2,17,18,19);1H. The first-order valence-electron chi connectivity index (χ1n) is 8.27. The molecule has 7 heteroatoms. The molecule has 0 aliphatic rings. The molecule has 1 aromatic heterocycles. The van der Waals surface area contributed by atoms with Gasteiger partial charge in [0.05, 0.1) is 10.7 Å². The minimum Gasteiger partial charge on any atom is -0.356 e. The molecule has 1 aromatic rings. The lowest BCUT2D eigenvalue weighted by atomic mass is 10.3. The van der Waals surface area contributed by atoms with E-state index in [0.717, 1.165) is 49.3 Å². The van der Waals surface area contributed by atoms with Gasteiger partial charge in [0.2, 0.25) is 0 Å². The van der Waals surface area contributed by atoms with Gasteiger partial charge >= 0.3 is 0 Å². The predicted octanol–water partition coefficient (Wildman–Crippen LogP) is 2.90. The first kappa shape index (κ1) is 22.6. The Balaban J connectivity index is 0.00000484.